The Morgan fingerprint density at radius 3 is 2.51 bits per heavy atom. The van der Waals surface area contributed by atoms with E-state index in [1.165, 1.54) is 0 Å². The van der Waals surface area contributed by atoms with Gasteiger partial charge in [-0.25, -0.2) is 32.5 Å². The lowest BCUT2D eigenvalue weighted by atomic mass is 10.00. The van der Waals surface area contributed by atoms with E-state index >= 15 is 0 Å². The number of ether oxygens (including phenoxy) is 2. The highest BCUT2D eigenvalue weighted by molar-refractivity contribution is 6.06. The summed E-state index contributed by atoms with van der Waals surface area (Å²) in [6.07, 6.45) is 0.284. The molecular weight excluding hydrogens is 506 g/mol. The van der Waals surface area contributed by atoms with Crippen LogP contribution in [0.25, 0.3) is 11.3 Å². The van der Waals surface area contributed by atoms with Crippen molar-refractivity contribution in [2.45, 2.75) is 45.3 Å². The van der Waals surface area contributed by atoms with Crippen molar-refractivity contribution in [3.8, 4) is 17.1 Å². The van der Waals surface area contributed by atoms with Gasteiger partial charge in [0.2, 0.25) is 5.88 Å². The summed E-state index contributed by atoms with van der Waals surface area (Å²) in [4.78, 5) is 24.5. The highest BCUT2D eigenvalue weighted by atomic mass is 19.3. The summed E-state index contributed by atoms with van der Waals surface area (Å²) >= 11 is 0. The second-order valence-electron chi connectivity index (χ2n) is 7.52. The molecule has 37 heavy (non-hydrogen) atoms. The second kappa shape index (κ2) is 12.0. The number of alkyl halides is 4. The van der Waals surface area contributed by atoms with E-state index in [9.17, 15) is 31.1 Å². The quantitative estimate of drug-likeness (QED) is 0.385. The monoisotopic (exact) mass is 528 g/mol. The predicted octanol–water partition coefficient (Wildman–Crippen LogP) is 6.18. The zero-order chi connectivity index (χ0) is 27.2. The van der Waals surface area contributed by atoms with Crippen molar-refractivity contribution in [2.24, 2.45) is 0 Å². The minimum Gasteiger partial charge on any atom is -0.417 e. The Kier molecular flexibility index (Phi) is 9.03. The number of carbonyl (C=O) groups excluding carboxylic acids is 1. The largest absolute Gasteiger partial charge is 0.417 e. The van der Waals surface area contributed by atoms with Crippen LogP contribution in [0.5, 0.6) is 5.88 Å². The number of nitrogens with one attached hydrogen (secondary N) is 1. The molecule has 1 amide bonds. The summed E-state index contributed by atoms with van der Waals surface area (Å²) in [5, 5.41) is 2.47. The lowest BCUT2D eigenvalue weighted by Gasteiger charge is -2.29. The molecule has 3 heterocycles. The fourth-order valence-electron chi connectivity index (χ4n) is 3.45. The zero-order valence-corrected chi connectivity index (χ0v) is 19.7. The van der Waals surface area contributed by atoms with E-state index in [4.69, 9.17) is 4.74 Å². The summed E-state index contributed by atoms with van der Waals surface area (Å²) in [6, 6.07) is 4.78. The number of hydrogen-bond donors (Lipinski definition) is 1. The topological polar surface area (TPSA) is 86.2 Å². The third-order valence-electron chi connectivity index (χ3n) is 5.08. The molecule has 198 valence electrons. The average Bonchev–Trinajstić information content (AvgIpc) is 2.87. The van der Waals surface area contributed by atoms with Gasteiger partial charge < -0.3 is 14.8 Å². The van der Waals surface area contributed by atoms with Crippen molar-refractivity contribution in [3.63, 3.8) is 0 Å². The second-order valence-corrected chi connectivity index (χ2v) is 7.52. The Morgan fingerprint density at radius 1 is 1.14 bits per heavy atom. The van der Waals surface area contributed by atoms with Crippen LogP contribution in [0.4, 0.5) is 32.0 Å². The molecule has 1 fully saturated rings. The third kappa shape index (κ3) is 6.94. The van der Waals surface area contributed by atoms with Gasteiger partial charge in [0.15, 0.2) is 0 Å². The number of rotatable bonds is 6. The van der Waals surface area contributed by atoms with Crippen LogP contribution in [0.1, 0.15) is 48.8 Å². The zero-order valence-electron chi connectivity index (χ0n) is 19.7. The number of anilines is 1. The van der Waals surface area contributed by atoms with Crippen molar-refractivity contribution in [1.82, 2.24) is 15.0 Å². The van der Waals surface area contributed by atoms with Crippen molar-refractivity contribution in [3.05, 3.63) is 65.7 Å². The van der Waals surface area contributed by atoms with Crippen LogP contribution in [-0.2, 0) is 4.74 Å². The molecule has 1 saturated heterocycles. The van der Waals surface area contributed by atoms with Gasteiger partial charge in [-0.2, -0.15) is 8.78 Å². The van der Waals surface area contributed by atoms with Gasteiger partial charge in [-0.1, -0.05) is 13.8 Å². The summed E-state index contributed by atoms with van der Waals surface area (Å²) < 4.78 is 89.7. The van der Waals surface area contributed by atoms with E-state index in [-0.39, 0.29) is 34.6 Å². The van der Waals surface area contributed by atoms with E-state index in [0.717, 1.165) is 42.9 Å². The smallest absolute Gasteiger partial charge is 0.388 e. The summed E-state index contributed by atoms with van der Waals surface area (Å²) in [6.45, 7) is -0.00776. The van der Waals surface area contributed by atoms with Crippen molar-refractivity contribution >= 4 is 11.6 Å². The van der Waals surface area contributed by atoms with Gasteiger partial charge in [0.05, 0.1) is 16.9 Å². The third-order valence-corrected chi connectivity index (χ3v) is 5.08. The number of nitrogens with zero attached hydrogens (tertiary/aromatic N) is 3. The molecule has 1 aromatic carbocycles. The number of benzene rings is 1. The first-order valence-electron chi connectivity index (χ1n) is 11.1. The predicted molar refractivity (Wildman–Crippen MR) is 120 cm³/mol. The van der Waals surface area contributed by atoms with E-state index in [1.807, 2.05) is 13.8 Å². The first kappa shape index (κ1) is 27.8. The van der Waals surface area contributed by atoms with E-state index in [2.05, 4.69) is 25.0 Å². The van der Waals surface area contributed by atoms with Crippen LogP contribution in [-0.4, -0.2) is 40.0 Å². The van der Waals surface area contributed by atoms with Gasteiger partial charge in [0.25, 0.3) is 11.8 Å². The van der Waals surface area contributed by atoms with E-state index < -0.39 is 55.1 Å². The molecule has 1 aliphatic rings. The molecule has 0 saturated carbocycles. The highest BCUT2D eigenvalue weighted by Gasteiger charge is 2.38. The average molecular weight is 528 g/mol. The van der Waals surface area contributed by atoms with Crippen LogP contribution in [0, 0.1) is 11.6 Å². The van der Waals surface area contributed by atoms with Crippen molar-refractivity contribution < 1.29 is 40.6 Å². The van der Waals surface area contributed by atoms with Gasteiger partial charge in [-0.3, -0.25) is 4.79 Å². The maximum Gasteiger partial charge on any atom is 0.388 e. The minimum atomic E-state index is -3.11. The maximum absolute atomic E-state index is 14.6. The summed E-state index contributed by atoms with van der Waals surface area (Å²) in [5.74, 6) is -5.96. The first-order valence-corrected chi connectivity index (χ1v) is 11.1. The molecule has 7 nitrogen and oxygen atoms in total. The molecule has 13 heteroatoms. The fraction of sp³-hybridized carbons (Fsp3) is 0.333. The van der Waals surface area contributed by atoms with Crippen molar-refractivity contribution in [1.29, 1.82) is 0 Å². The Labute approximate surface area is 207 Å². The van der Waals surface area contributed by atoms with Crippen LogP contribution in [0.15, 0.2) is 42.9 Å². The molecule has 2 aromatic heterocycles. The number of aromatic nitrogens is 3. The molecule has 0 spiro atoms. The molecule has 4 rings (SSSR count). The molecule has 0 radical (unpaired) electrons. The SMILES string of the molecule is CC.O=C(Nc1c(-c2cc(F)ccc2F)ncnc1C1CCC(F)(F)CO1)c1ccc(OC(F)F)nc1. The Bertz CT molecular complexity index is 1220. The lowest BCUT2D eigenvalue weighted by Crippen LogP contribution is -2.31. The van der Waals surface area contributed by atoms with Crippen molar-refractivity contribution in [2.75, 3.05) is 11.9 Å². The molecule has 0 aliphatic carbocycles. The number of amides is 1. The Balaban J connectivity index is 0.00000186. The standard InChI is InChI=1S/C22H16F6N4O3.C2H6/c23-12-2-3-14(24)13(7-12)17-19(18(31-10-30-17)15-5-6-22(27,28)9-34-15)32-20(33)11-1-4-16(29-8-11)35-21(25)26;1-2/h1-4,7-8,10,15,21H,5-6,9H2,(H,32,33);1-2H3. The maximum atomic E-state index is 14.6. The van der Waals surface area contributed by atoms with Crippen LogP contribution < -0.4 is 10.1 Å². The molecule has 1 aliphatic heterocycles. The number of hydrogen-bond acceptors (Lipinski definition) is 6. The fourth-order valence-corrected chi connectivity index (χ4v) is 3.45. The van der Waals surface area contributed by atoms with Gasteiger partial charge in [0, 0.05) is 24.2 Å². The van der Waals surface area contributed by atoms with Gasteiger partial charge in [-0.15, -0.1) is 0 Å². The number of pyridine rings is 1. The Hall–Kier alpha value is -3.74. The van der Waals surface area contributed by atoms with Crippen LogP contribution in [0.2, 0.25) is 0 Å². The summed E-state index contributed by atoms with van der Waals surface area (Å²) in [5.41, 5.74) is -0.850. The van der Waals surface area contributed by atoms with Crippen LogP contribution >= 0.6 is 0 Å². The number of carbonyl (C=O) groups is 1. The molecule has 3 aromatic rings. The highest BCUT2D eigenvalue weighted by Crippen LogP contribution is 2.40. The Morgan fingerprint density at radius 2 is 1.89 bits per heavy atom. The van der Waals surface area contributed by atoms with E-state index in [1.54, 1.807) is 0 Å². The van der Waals surface area contributed by atoms with Gasteiger partial charge in [0.1, 0.15) is 36.4 Å². The van der Waals surface area contributed by atoms with Crippen LogP contribution in [0.3, 0.4) is 0 Å². The van der Waals surface area contributed by atoms with Gasteiger partial charge >= 0.3 is 6.61 Å². The lowest BCUT2D eigenvalue weighted by molar-refractivity contribution is -0.146. The molecule has 0 bridgehead atoms. The minimum absolute atomic E-state index is 0.0203. The normalized spacial score (nSPS) is 16.5. The molecule has 1 unspecified atom stereocenters. The molecule has 1 atom stereocenters. The van der Waals surface area contributed by atoms with Gasteiger partial charge in [-0.05, 0) is 30.7 Å². The molecular formula is C24H22F6N4O3. The first-order chi connectivity index (χ1) is 17.6. The van der Waals surface area contributed by atoms with E-state index in [0.29, 0.717) is 0 Å². The summed E-state index contributed by atoms with van der Waals surface area (Å²) in [7, 11) is 0. The molecule has 1 N–H and O–H groups in total. The number of halogens is 6.